The van der Waals surface area contributed by atoms with E-state index in [0.29, 0.717) is 0 Å². The van der Waals surface area contributed by atoms with Crippen molar-refractivity contribution in [1.29, 1.82) is 0 Å². The summed E-state index contributed by atoms with van der Waals surface area (Å²) in [5, 5.41) is 19.8. The number of unbranched alkanes of at least 4 members (excludes halogenated alkanes) is 15. The van der Waals surface area contributed by atoms with Gasteiger partial charge in [-0.2, -0.15) is 0 Å². The van der Waals surface area contributed by atoms with Crippen molar-refractivity contribution in [1.82, 2.24) is 0 Å². The molecule has 0 heterocycles. The van der Waals surface area contributed by atoms with Crippen molar-refractivity contribution < 1.29 is 44.6 Å². The van der Waals surface area contributed by atoms with Crippen LogP contribution in [-0.2, 0) is 4.79 Å². The van der Waals surface area contributed by atoms with Crippen LogP contribution in [0.25, 0.3) is 0 Å². The standard InChI is InChI=1S/C22H42O3.Na/c1-2-3-4-5-6-7-8-9-10-11-12-13-14-15-16-17-18-21(23)19-20-22(24)25;/h18,23H,2-17,19-20H2,1H3,(H,24,25);/q;+1/p-1. The van der Waals surface area contributed by atoms with Gasteiger partial charge in [-0.1, -0.05) is 96.8 Å². The first-order valence-corrected chi connectivity index (χ1v) is 10.7. The average Bonchev–Trinajstić information content (AvgIpc) is 2.59. The molecule has 4 heteroatoms. The molecule has 0 radical (unpaired) electrons. The molecule has 148 valence electrons. The summed E-state index contributed by atoms with van der Waals surface area (Å²) in [6.07, 6.45) is 22.9. The Kier molecular flexibility index (Phi) is 25.0. The van der Waals surface area contributed by atoms with Crippen molar-refractivity contribution in [2.45, 2.75) is 122 Å². The molecule has 1 N–H and O–H groups in total. The van der Waals surface area contributed by atoms with Crippen LogP contribution in [0.2, 0.25) is 0 Å². The fraction of sp³-hybridized carbons (Fsp3) is 0.864. The van der Waals surface area contributed by atoms with Gasteiger partial charge in [0, 0.05) is 12.4 Å². The maximum absolute atomic E-state index is 10.3. The van der Waals surface area contributed by atoms with E-state index in [-0.39, 0.29) is 48.2 Å². The number of carboxylic acid groups (broad SMARTS) is 1. The first kappa shape index (κ1) is 28.2. The minimum absolute atomic E-state index is 0. The number of hydrogen-bond donors (Lipinski definition) is 1. The zero-order valence-corrected chi connectivity index (χ0v) is 19.6. The Morgan fingerprint density at radius 3 is 1.50 bits per heavy atom. The minimum atomic E-state index is -1.10. The van der Waals surface area contributed by atoms with Crippen molar-refractivity contribution in [3.8, 4) is 0 Å². The van der Waals surface area contributed by atoms with Crippen LogP contribution >= 0.6 is 0 Å². The Hall–Kier alpha value is 0.0100. The molecule has 0 atom stereocenters. The fourth-order valence-electron chi connectivity index (χ4n) is 3.12. The van der Waals surface area contributed by atoms with Gasteiger partial charge in [-0.3, -0.25) is 0 Å². The zero-order chi connectivity index (χ0) is 18.6. The van der Waals surface area contributed by atoms with E-state index in [1.54, 1.807) is 6.08 Å². The number of rotatable bonds is 19. The van der Waals surface area contributed by atoms with Crippen molar-refractivity contribution >= 4 is 5.97 Å². The van der Waals surface area contributed by atoms with Gasteiger partial charge in [0.1, 0.15) is 0 Å². The summed E-state index contributed by atoms with van der Waals surface area (Å²) in [7, 11) is 0. The Bertz CT molecular complexity index is 329. The zero-order valence-electron chi connectivity index (χ0n) is 17.6. The molecule has 0 fully saturated rings. The van der Waals surface area contributed by atoms with Gasteiger partial charge in [-0.15, -0.1) is 0 Å². The van der Waals surface area contributed by atoms with E-state index < -0.39 is 5.97 Å². The molecule has 0 bridgehead atoms. The minimum Gasteiger partial charge on any atom is -0.550 e. The number of aliphatic carboxylic acids is 1. The summed E-state index contributed by atoms with van der Waals surface area (Å²) in [6, 6.07) is 0. The Balaban J connectivity index is 0. The molecule has 0 saturated carbocycles. The van der Waals surface area contributed by atoms with E-state index in [4.69, 9.17) is 0 Å². The van der Waals surface area contributed by atoms with Gasteiger partial charge in [0.05, 0.1) is 5.76 Å². The van der Waals surface area contributed by atoms with Crippen LogP contribution in [0.5, 0.6) is 0 Å². The number of hydrogen-bond acceptors (Lipinski definition) is 3. The largest absolute Gasteiger partial charge is 1.00 e. The number of aliphatic hydroxyl groups excluding tert-OH is 1. The van der Waals surface area contributed by atoms with Gasteiger partial charge in [0.2, 0.25) is 0 Å². The second-order valence-electron chi connectivity index (χ2n) is 7.31. The normalized spacial score (nSPS) is 11.3. The maximum Gasteiger partial charge on any atom is 1.00 e. The smallest absolute Gasteiger partial charge is 0.550 e. The van der Waals surface area contributed by atoms with Crippen LogP contribution < -0.4 is 34.7 Å². The van der Waals surface area contributed by atoms with Crippen molar-refractivity contribution in [3.05, 3.63) is 11.8 Å². The van der Waals surface area contributed by atoms with Gasteiger partial charge in [0.25, 0.3) is 0 Å². The van der Waals surface area contributed by atoms with Crippen LogP contribution in [0.1, 0.15) is 122 Å². The monoisotopic (exact) mass is 376 g/mol. The third kappa shape index (κ3) is 24.0. The van der Waals surface area contributed by atoms with E-state index in [1.165, 1.54) is 89.9 Å². The predicted octanol–water partition coefficient (Wildman–Crippen LogP) is 3.22. The summed E-state index contributed by atoms with van der Waals surface area (Å²) >= 11 is 0. The molecule has 26 heavy (non-hydrogen) atoms. The molecule has 0 spiro atoms. The van der Waals surface area contributed by atoms with Crippen LogP contribution in [0.4, 0.5) is 0 Å². The van der Waals surface area contributed by atoms with E-state index in [9.17, 15) is 15.0 Å². The van der Waals surface area contributed by atoms with Crippen molar-refractivity contribution in [2.75, 3.05) is 0 Å². The third-order valence-electron chi connectivity index (χ3n) is 4.77. The summed E-state index contributed by atoms with van der Waals surface area (Å²) in [5.41, 5.74) is 0. The first-order valence-electron chi connectivity index (χ1n) is 10.7. The molecular weight excluding hydrogens is 335 g/mol. The van der Waals surface area contributed by atoms with Gasteiger partial charge in [-0.25, -0.2) is 0 Å². The molecule has 0 amide bonds. The van der Waals surface area contributed by atoms with Crippen molar-refractivity contribution in [3.63, 3.8) is 0 Å². The fourth-order valence-corrected chi connectivity index (χ4v) is 3.12. The molecule has 0 aliphatic heterocycles. The second-order valence-corrected chi connectivity index (χ2v) is 7.31. The number of aliphatic hydroxyl groups is 1. The van der Waals surface area contributed by atoms with Gasteiger partial charge < -0.3 is 15.0 Å². The van der Waals surface area contributed by atoms with Crippen LogP contribution in [0.3, 0.4) is 0 Å². The molecule has 0 saturated heterocycles. The molecule has 0 aromatic carbocycles. The van der Waals surface area contributed by atoms with Crippen LogP contribution in [-0.4, -0.2) is 11.1 Å². The summed E-state index contributed by atoms with van der Waals surface area (Å²) in [5.74, 6) is -0.915. The number of allylic oxidation sites excluding steroid dienone is 2. The van der Waals surface area contributed by atoms with E-state index >= 15 is 0 Å². The molecule has 0 aliphatic carbocycles. The van der Waals surface area contributed by atoms with E-state index in [1.807, 2.05) is 0 Å². The maximum atomic E-state index is 10.3. The Morgan fingerprint density at radius 1 is 0.731 bits per heavy atom. The molecule has 3 nitrogen and oxygen atoms in total. The Labute approximate surface area is 184 Å². The average molecular weight is 377 g/mol. The number of carbonyl (C=O) groups excluding carboxylic acids is 1. The molecule has 0 rings (SSSR count). The van der Waals surface area contributed by atoms with Crippen molar-refractivity contribution in [2.24, 2.45) is 0 Å². The quantitative estimate of drug-likeness (QED) is 0.214. The van der Waals surface area contributed by atoms with Gasteiger partial charge in [0.15, 0.2) is 0 Å². The molecular formula is C22H41NaO3. The second kappa shape index (κ2) is 23.0. The topological polar surface area (TPSA) is 60.4 Å². The SMILES string of the molecule is CCCCCCCCCCCCCCCCCC=C(O)CCC(=O)[O-].[Na+]. The molecule has 0 aromatic heterocycles. The predicted molar refractivity (Wildman–Crippen MR) is 104 cm³/mol. The molecule has 0 aliphatic rings. The summed E-state index contributed by atoms with van der Waals surface area (Å²) < 4.78 is 0. The number of carboxylic acids is 1. The first-order chi connectivity index (χ1) is 12.2. The van der Waals surface area contributed by atoms with Gasteiger partial charge >= 0.3 is 29.6 Å². The Morgan fingerprint density at radius 2 is 1.12 bits per heavy atom. The van der Waals surface area contributed by atoms with Gasteiger partial charge in [-0.05, 0) is 25.3 Å². The van der Waals surface area contributed by atoms with Crippen LogP contribution in [0.15, 0.2) is 11.8 Å². The number of carbonyl (C=O) groups is 1. The third-order valence-corrected chi connectivity index (χ3v) is 4.77. The molecule has 0 unspecified atom stereocenters. The molecule has 0 aromatic rings. The van der Waals surface area contributed by atoms with E-state index in [0.717, 1.165) is 12.8 Å². The summed E-state index contributed by atoms with van der Waals surface area (Å²) in [6.45, 7) is 2.27. The van der Waals surface area contributed by atoms with Crippen LogP contribution in [0, 0.1) is 0 Å². The summed E-state index contributed by atoms with van der Waals surface area (Å²) in [4.78, 5) is 10.3. The van der Waals surface area contributed by atoms with E-state index in [2.05, 4.69) is 6.92 Å².